The first-order valence-electron chi connectivity index (χ1n) is 11.3. The van der Waals surface area contributed by atoms with Gasteiger partial charge in [0.1, 0.15) is 24.7 Å². The lowest BCUT2D eigenvalue weighted by molar-refractivity contribution is -0.112. The monoisotopic (exact) mass is 449 g/mol. The molecule has 0 bridgehead atoms. The molecule has 6 heteroatoms. The van der Waals surface area contributed by atoms with E-state index < -0.39 is 0 Å². The summed E-state index contributed by atoms with van der Waals surface area (Å²) in [6.45, 7) is 4.16. The maximum Gasteiger partial charge on any atom is 0.187 e. The zero-order chi connectivity index (χ0) is 23.6. The summed E-state index contributed by atoms with van der Waals surface area (Å²) in [6.07, 6.45) is 3.90. The van der Waals surface area contributed by atoms with Crippen LogP contribution >= 0.6 is 0 Å². The van der Waals surface area contributed by atoms with Gasteiger partial charge in [0.05, 0.1) is 0 Å². The number of hydrogen-bond acceptors (Lipinski definition) is 6. The second-order valence-corrected chi connectivity index (χ2v) is 8.71. The van der Waals surface area contributed by atoms with Gasteiger partial charge in [-0.3, -0.25) is 4.79 Å². The molecule has 176 valence electrons. The first-order chi connectivity index (χ1) is 15.9. The Morgan fingerprint density at radius 1 is 0.727 bits per heavy atom. The summed E-state index contributed by atoms with van der Waals surface area (Å²) in [5.74, 6) is 1.76. The molecule has 0 aliphatic carbocycles. The van der Waals surface area contributed by atoms with Crippen molar-refractivity contribution in [1.29, 1.82) is 0 Å². The van der Waals surface area contributed by atoms with Crippen molar-refractivity contribution in [2.24, 2.45) is 0 Å². The Balaban J connectivity index is 1.62. The van der Waals surface area contributed by atoms with Crippen LogP contribution in [0.5, 0.6) is 11.5 Å². The Morgan fingerprint density at radius 2 is 1.12 bits per heavy atom. The lowest BCUT2D eigenvalue weighted by Gasteiger charge is -2.18. The molecule has 0 radical (unpaired) electrons. The van der Waals surface area contributed by atoms with Gasteiger partial charge in [0.25, 0.3) is 0 Å². The number of likely N-dealkylation sites (N-methyl/N-ethyl adjacent to an activating group) is 2. The minimum atomic E-state index is 0.0892. The van der Waals surface area contributed by atoms with Gasteiger partial charge >= 0.3 is 0 Å². The van der Waals surface area contributed by atoms with Gasteiger partial charge in [0.2, 0.25) is 0 Å². The van der Waals surface area contributed by atoms with Crippen molar-refractivity contribution < 1.29 is 14.3 Å². The van der Waals surface area contributed by atoms with Gasteiger partial charge in [-0.25, -0.2) is 0 Å². The van der Waals surface area contributed by atoms with Gasteiger partial charge in [-0.05, 0) is 75.7 Å². The maximum atomic E-state index is 13.0. The molecule has 0 saturated carbocycles. The Bertz CT molecular complexity index is 884. The molecule has 0 spiro atoms. The number of ketones is 1. The van der Waals surface area contributed by atoms with Crippen LogP contribution in [-0.4, -0.2) is 83.2 Å². The van der Waals surface area contributed by atoms with Crippen LogP contribution in [0.2, 0.25) is 0 Å². The zero-order valence-corrected chi connectivity index (χ0v) is 20.1. The molecular weight excluding hydrogens is 414 g/mol. The van der Waals surface area contributed by atoms with E-state index in [2.05, 4.69) is 15.1 Å². The Kier molecular flexibility index (Phi) is 9.24. The van der Waals surface area contributed by atoms with E-state index in [0.29, 0.717) is 26.3 Å². The molecule has 0 amide bonds. The average Bonchev–Trinajstić information content (AvgIpc) is 2.78. The van der Waals surface area contributed by atoms with Crippen molar-refractivity contribution in [3.05, 3.63) is 70.8 Å². The van der Waals surface area contributed by atoms with Gasteiger partial charge < -0.3 is 24.6 Å². The Labute approximate surface area is 197 Å². The van der Waals surface area contributed by atoms with Crippen molar-refractivity contribution in [1.82, 2.24) is 15.1 Å². The second kappa shape index (κ2) is 12.3. The van der Waals surface area contributed by atoms with Crippen LogP contribution in [0.1, 0.15) is 11.1 Å². The van der Waals surface area contributed by atoms with Crippen LogP contribution in [0.25, 0.3) is 12.2 Å². The van der Waals surface area contributed by atoms with E-state index in [0.717, 1.165) is 46.9 Å². The largest absolute Gasteiger partial charge is 0.492 e. The first kappa shape index (κ1) is 24.7. The minimum absolute atomic E-state index is 0.0892. The second-order valence-electron chi connectivity index (χ2n) is 8.71. The number of carbonyl (C=O) groups is 1. The third-order valence-corrected chi connectivity index (χ3v) is 5.27. The number of rotatable bonds is 10. The van der Waals surface area contributed by atoms with Gasteiger partial charge in [-0.1, -0.05) is 24.3 Å². The molecule has 0 aromatic heterocycles. The molecule has 0 atom stereocenters. The smallest absolute Gasteiger partial charge is 0.187 e. The molecule has 2 aromatic carbocycles. The molecule has 1 N–H and O–H groups in total. The van der Waals surface area contributed by atoms with Gasteiger partial charge in [-0.15, -0.1) is 0 Å². The van der Waals surface area contributed by atoms with Crippen LogP contribution in [-0.2, 0) is 4.79 Å². The standard InChI is InChI=1S/C27H35N3O3/c1-29(2)13-15-32-25-9-5-21(6-10-25)17-23-19-28-20-24(27(23)31)18-22-7-11-26(12-8-22)33-16-14-30(3)4/h5-12,17-18,28H,13-16,19-20H2,1-4H3/b23-17+,24-18+. The lowest BCUT2D eigenvalue weighted by Crippen LogP contribution is -2.32. The number of hydrogen-bond donors (Lipinski definition) is 1. The van der Waals surface area contributed by atoms with Gasteiger partial charge in [-0.2, -0.15) is 0 Å². The normalized spacial score (nSPS) is 16.7. The third-order valence-electron chi connectivity index (χ3n) is 5.27. The molecule has 1 fully saturated rings. The van der Waals surface area contributed by atoms with Gasteiger partial charge in [0, 0.05) is 37.3 Å². The molecule has 3 rings (SSSR count). The summed E-state index contributed by atoms with van der Waals surface area (Å²) in [6, 6.07) is 15.7. The summed E-state index contributed by atoms with van der Waals surface area (Å²) < 4.78 is 11.5. The fraction of sp³-hybridized carbons (Fsp3) is 0.370. The topological polar surface area (TPSA) is 54.0 Å². The summed E-state index contributed by atoms with van der Waals surface area (Å²) >= 11 is 0. The number of benzene rings is 2. The van der Waals surface area contributed by atoms with Crippen molar-refractivity contribution in [2.75, 3.05) is 67.6 Å². The fourth-order valence-electron chi connectivity index (χ4n) is 3.35. The van der Waals surface area contributed by atoms with Crippen molar-refractivity contribution >= 4 is 17.9 Å². The zero-order valence-electron chi connectivity index (χ0n) is 20.1. The highest BCUT2D eigenvalue weighted by Crippen LogP contribution is 2.20. The number of piperidine rings is 1. The van der Waals surface area contributed by atoms with E-state index in [-0.39, 0.29) is 5.78 Å². The predicted molar refractivity (Wildman–Crippen MR) is 135 cm³/mol. The first-order valence-corrected chi connectivity index (χ1v) is 11.3. The van der Waals surface area contributed by atoms with Crippen LogP contribution in [0.4, 0.5) is 0 Å². The summed E-state index contributed by atoms with van der Waals surface area (Å²) in [5.41, 5.74) is 3.50. The van der Waals surface area contributed by atoms with E-state index in [4.69, 9.17) is 9.47 Å². The Hall–Kier alpha value is -2.93. The quantitative estimate of drug-likeness (QED) is 0.562. The molecule has 1 aliphatic heterocycles. The van der Waals surface area contributed by atoms with E-state index >= 15 is 0 Å². The summed E-state index contributed by atoms with van der Waals surface area (Å²) in [7, 11) is 8.09. The number of nitrogens with one attached hydrogen (secondary N) is 1. The van der Waals surface area contributed by atoms with E-state index in [9.17, 15) is 4.79 Å². The number of nitrogens with zero attached hydrogens (tertiary/aromatic N) is 2. The average molecular weight is 450 g/mol. The highest BCUT2D eigenvalue weighted by Gasteiger charge is 2.20. The summed E-state index contributed by atoms with van der Waals surface area (Å²) in [4.78, 5) is 17.2. The van der Waals surface area contributed by atoms with E-state index in [1.54, 1.807) is 0 Å². The highest BCUT2D eigenvalue weighted by molar-refractivity contribution is 6.14. The number of Topliss-reactive ketones (excluding diaryl/α,β-unsaturated/α-hetero) is 1. The molecule has 2 aromatic rings. The van der Waals surface area contributed by atoms with Crippen molar-refractivity contribution in [3.63, 3.8) is 0 Å². The third kappa shape index (κ3) is 8.17. The molecule has 1 aliphatic rings. The minimum Gasteiger partial charge on any atom is -0.492 e. The molecule has 1 saturated heterocycles. The number of carbonyl (C=O) groups excluding carboxylic acids is 1. The summed E-state index contributed by atoms with van der Waals surface area (Å²) in [5, 5.41) is 3.34. The molecule has 0 unspecified atom stereocenters. The lowest BCUT2D eigenvalue weighted by atomic mass is 9.95. The van der Waals surface area contributed by atoms with Crippen molar-refractivity contribution in [3.8, 4) is 11.5 Å². The van der Waals surface area contributed by atoms with Gasteiger partial charge in [0.15, 0.2) is 5.78 Å². The van der Waals surface area contributed by atoms with E-state index in [1.807, 2.05) is 88.9 Å². The Morgan fingerprint density at radius 3 is 1.48 bits per heavy atom. The van der Waals surface area contributed by atoms with Crippen LogP contribution < -0.4 is 14.8 Å². The molecule has 33 heavy (non-hydrogen) atoms. The van der Waals surface area contributed by atoms with E-state index in [1.165, 1.54) is 0 Å². The number of ether oxygens (including phenoxy) is 2. The molecular formula is C27H35N3O3. The SMILES string of the molecule is CN(C)CCOc1ccc(/C=C2\CNC/C(=C\c3ccc(OCCN(C)C)cc3)C2=O)cc1. The maximum absolute atomic E-state index is 13.0. The van der Waals surface area contributed by atoms with Crippen LogP contribution in [0.3, 0.4) is 0 Å². The fourth-order valence-corrected chi connectivity index (χ4v) is 3.35. The predicted octanol–water partition coefficient (Wildman–Crippen LogP) is 3.21. The van der Waals surface area contributed by atoms with Crippen LogP contribution in [0.15, 0.2) is 59.7 Å². The highest BCUT2D eigenvalue weighted by atomic mass is 16.5. The molecule has 6 nitrogen and oxygen atoms in total. The molecule has 1 heterocycles. The van der Waals surface area contributed by atoms with Crippen LogP contribution in [0, 0.1) is 0 Å². The van der Waals surface area contributed by atoms with Crippen molar-refractivity contribution in [2.45, 2.75) is 0 Å².